The molecule has 3 N–H and O–H groups in total. The first-order valence-electron chi connectivity index (χ1n) is 18.5. The summed E-state index contributed by atoms with van der Waals surface area (Å²) in [5.41, 5.74) is 1.15. The Morgan fingerprint density at radius 3 is 2.10 bits per heavy atom. The molecule has 0 bridgehead atoms. The van der Waals surface area contributed by atoms with Crippen molar-refractivity contribution in [3.05, 3.63) is 89.0 Å². The number of carboxylic acids is 1. The van der Waals surface area contributed by atoms with Crippen LogP contribution in [-0.2, 0) is 19.7 Å². The average molecular weight is 712 g/mol. The van der Waals surface area contributed by atoms with Gasteiger partial charge in [0, 0.05) is 43.4 Å². The number of piperidine rings is 1. The molecule has 0 radical (unpaired) electrons. The molecule has 10 heteroatoms. The molecular formula is C42H53N3O7. The van der Waals surface area contributed by atoms with E-state index in [1.54, 1.807) is 37.8 Å². The summed E-state index contributed by atoms with van der Waals surface area (Å²) in [4.78, 5) is 57.3. The van der Waals surface area contributed by atoms with Gasteiger partial charge in [-0.1, -0.05) is 81.0 Å². The Bertz CT molecular complexity index is 1780. The van der Waals surface area contributed by atoms with E-state index < -0.39 is 34.7 Å². The van der Waals surface area contributed by atoms with Crippen LogP contribution < -0.4 is 5.32 Å². The molecule has 4 aliphatic rings. The Morgan fingerprint density at radius 1 is 0.865 bits per heavy atom. The zero-order valence-corrected chi connectivity index (χ0v) is 31.3. The number of rotatable bonds is 6. The highest BCUT2D eigenvalue weighted by Gasteiger charge is 2.53. The van der Waals surface area contributed by atoms with Crippen LogP contribution in [0.1, 0.15) is 102 Å². The maximum Gasteiger partial charge on any atom is 0.408 e. The smallest absolute Gasteiger partial charge is 0.408 e. The number of hydrogen-bond donors (Lipinski definition) is 3. The van der Waals surface area contributed by atoms with Gasteiger partial charge in [0.25, 0.3) is 0 Å². The Labute approximate surface area is 306 Å². The molecule has 2 unspecified atom stereocenters. The number of aromatic carboxylic acids is 1. The average Bonchev–Trinajstić information content (AvgIpc) is 3.47. The van der Waals surface area contributed by atoms with Crippen molar-refractivity contribution in [2.45, 2.75) is 103 Å². The molecule has 2 heterocycles. The lowest BCUT2D eigenvalue weighted by molar-refractivity contribution is -0.146. The third-order valence-corrected chi connectivity index (χ3v) is 11.8. The maximum absolute atomic E-state index is 15.0. The van der Waals surface area contributed by atoms with Crippen molar-refractivity contribution in [1.82, 2.24) is 15.1 Å². The van der Waals surface area contributed by atoms with Crippen LogP contribution >= 0.6 is 0 Å². The zero-order valence-electron chi connectivity index (χ0n) is 31.3. The molecule has 3 atom stereocenters. The number of carbonyl (C=O) groups excluding carboxylic acids is 3. The lowest BCUT2D eigenvalue weighted by Crippen LogP contribution is -2.62. The summed E-state index contributed by atoms with van der Waals surface area (Å²) < 4.78 is 5.51. The SMILES string of the molecule is CC(C)(C)OC(=O)NC1(C(=O)N2CCC(C(=O)N3CC=C4C(C)(C)C(c5ccc(C(=O)O)cc5)=CC[C@]4(C)C3)(c3ccccc3)CC2)CCC(O)C1. The van der Waals surface area contributed by atoms with E-state index in [0.29, 0.717) is 51.9 Å². The highest BCUT2D eigenvalue weighted by Crippen LogP contribution is 2.56. The van der Waals surface area contributed by atoms with Gasteiger partial charge in [0.2, 0.25) is 11.8 Å². The number of aliphatic hydroxyl groups is 1. The Hall–Kier alpha value is -4.44. The summed E-state index contributed by atoms with van der Waals surface area (Å²) in [5.74, 6) is -1.14. The number of carboxylic acid groups (broad SMARTS) is 1. The standard InChI is InChI=1S/C42H53N3O7/c1-38(2,3)52-37(51)43-42(20-16-31(46)26-42)36(50)44-24-21-41(22-25-44,30-10-8-7-9-11-30)35(49)45-23-18-33-39(4,5)32(17-19-40(33,6)27-45)28-12-14-29(15-13-28)34(47)48/h7-15,17-18,31,46H,16,19-27H2,1-6H3,(H,43,51)(H,47,48)/t31?,40-,42?/m1/s1. The lowest BCUT2D eigenvalue weighted by atomic mass is 9.58. The number of benzene rings is 2. The maximum atomic E-state index is 15.0. The number of carbonyl (C=O) groups is 4. The molecule has 2 aliphatic carbocycles. The second-order valence-electron chi connectivity index (χ2n) is 17.0. The number of ether oxygens (including phenoxy) is 1. The number of likely N-dealkylation sites (tertiary alicyclic amines) is 1. The van der Waals surface area contributed by atoms with Crippen LogP contribution in [0.3, 0.4) is 0 Å². The second-order valence-corrected chi connectivity index (χ2v) is 17.0. The molecule has 10 nitrogen and oxygen atoms in total. The minimum Gasteiger partial charge on any atom is -0.478 e. The predicted molar refractivity (Wildman–Crippen MR) is 198 cm³/mol. The molecule has 2 fully saturated rings. The van der Waals surface area contributed by atoms with E-state index in [0.717, 1.165) is 23.1 Å². The number of alkyl carbamates (subject to hydrolysis) is 1. The van der Waals surface area contributed by atoms with Crippen LogP contribution in [0.5, 0.6) is 0 Å². The summed E-state index contributed by atoms with van der Waals surface area (Å²) >= 11 is 0. The molecule has 6 rings (SSSR count). The van der Waals surface area contributed by atoms with Crippen molar-refractivity contribution >= 4 is 29.5 Å². The van der Waals surface area contributed by atoms with Crippen molar-refractivity contribution in [2.24, 2.45) is 10.8 Å². The van der Waals surface area contributed by atoms with Gasteiger partial charge in [-0.25, -0.2) is 9.59 Å². The summed E-state index contributed by atoms with van der Waals surface area (Å²) in [6.07, 6.45) is 5.50. The van der Waals surface area contributed by atoms with Crippen LogP contribution in [0.25, 0.3) is 5.57 Å². The van der Waals surface area contributed by atoms with Crippen molar-refractivity contribution < 1.29 is 34.1 Å². The van der Waals surface area contributed by atoms with Crippen LogP contribution in [0.4, 0.5) is 4.79 Å². The number of allylic oxidation sites excluding steroid dienone is 2. The minimum absolute atomic E-state index is 0.0528. The molecular weight excluding hydrogens is 658 g/mol. The topological polar surface area (TPSA) is 136 Å². The molecule has 2 aliphatic heterocycles. The molecule has 3 amide bonds. The molecule has 52 heavy (non-hydrogen) atoms. The normalized spacial score (nSPS) is 26.8. The second kappa shape index (κ2) is 13.5. The molecule has 0 spiro atoms. The van der Waals surface area contributed by atoms with E-state index in [1.165, 1.54) is 5.57 Å². The fourth-order valence-electron chi connectivity index (χ4n) is 9.32. The number of aliphatic hydroxyl groups excluding tert-OH is 1. The van der Waals surface area contributed by atoms with Crippen LogP contribution in [-0.4, -0.2) is 87.3 Å². The third-order valence-electron chi connectivity index (χ3n) is 11.8. The molecule has 278 valence electrons. The third kappa shape index (κ3) is 6.89. The predicted octanol–water partition coefficient (Wildman–Crippen LogP) is 6.34. The summed E-state index contributed by atoms with van der Waals surface area (Å²) in [7, 11) is 0. The van der Waals surface area contributed by atoms with Gasteiger partial charge in [-0.15, -0.1) is 0 Å². The van der Waals surface area contributed by atoms with Gasteiger partial charge in [-0.3, -0.25) is 9.59 Å². The highest BCUT2D eigenvalue weighted by molar-refractivity contribution is 5.93. The molecule has 1 saturated heterocycles. The van der Waals surface area contributed by atoms with E-state index in [2.05, 4.69) is 38.2 Å². The van der Waals surface area contributed by atoms with Crippen LogP contribution in [0.2, 0.25) is 0 Å². The monoisotopic (exact) mass is 711 g/mol. The van der Waals surface area contributed by atoms with Crippen molar-refractivity contribution in [3.8, 4) is 0 Å². The van der Waals surface area contributed by atoms with Crippen LogP contribution in [0.15, 0.2) is 72.3 Å². The first-order valence-corrected chi connectivity index (χ1v) is 18.5. The summed E-state index contributed by atoms with van der Waals surface area (Å²) in [6, 6.07) is 16.9. The van der Waals surface area contributed by atoms with Gasteiger partial charge in [0.15, 0.2) is 0 Å². The number of nitrogens with one attached hydrogen (secondary N) is 1. The fourth-order valence-corrected chi connectivity index (χ4v) is 9.32. The van der Waals surface area contributed by atoms with Gasteiger partial charge < -0.3 is 30.1 Å². The van der Waals surface area contributed by atoms with Gasteiger partial charge in [-0.2, -0.15) is 0 Å². The van der Waals surface area contributed by atoms with E-state index in [4.69, 9.17) is 4.74 Å². The Morgan fingerprint density at radius 2 is 1.52 bits per heavy atom. The van der Waals surface area contributed by atoms with E-state index in [-0.39, 0.29) is 34.6 Å². The van der Waals surface area contributed by atoms with Gasteiger partial charge in [0.05, 0.1) is 17.1 Å². The van der Waals surface area contributed by atoms with E-state index in [9.17, 15) is 29.4 Å². The minimum atomic E-state index is -1.26. The summed E-state index contributed by atoms with van der Waals surface area (Å²) in [5, 5.41) is 22.7. The van der Waals surface area contributed by atoms with Crippen LogP contribution in [0, 0.1) is 10.8 Å². The van der Waals surface area contributed by atoms with Gasteiger partial charge in [-0.05, 0) is 81.7 Å². The molecule has 2 aromatic rings. The quantitative estimate of drug-likeness (QED) is 0.298. The molecule has 0 aromatic heterocycles. The van der Waals surface area contributed by atoms with Gasteiger partial charge >= 0.3 is 12.1 Å². The summed E-state index contributed by atoms with van der Waals surface area (Å²) in [6.45, 7) is 13.6. The largest absolute Gasteiger partial charge is 0.478 e. The number of hydrogen-bond acceptors (Lipinski definition) is 6. The number of fused-ring (bicyclic) bond motifs is 1. The van der Waals surface area contributed by atoms with Crippen molar-refractivity contribution in [1.29, 1.82) is 0 Å². The zero-order chi connectivity index (χ0) is 37.7. The highest BCUT2D eigenvalue weighted by atomic mass is 16.6. The Balaban J connectivity index is 1.23. The molecule has 1 saturated carbocycles. The van der Waals surface area contributed by atoms with E-state index in [1.807, 2.05) is 47.4 Å². The number of amides is 3. The first kappa shape index (κ1) is 37.3. The molecule has 2 aromatic carbocycles. The lowest BCUT2D eigenvalue weighted by Gasteiger charge is -2.52. The van der Waals surface area contributed by atoms with E-state index >= 15 is 0 Å². The Kier molecular flexibility index (Phi) is 9.70. The number of nitrogens with zero attached hydrogens (tertiary/aromatic N) is 2. The van der Waals surface area contributed by atoms with Gasteiger partial charge in [0.1, 0.15) is 11.1 Å². The van der Waals surface area contributed by atoms with Crippen molar-refractivity contribution in [3.63, 3.8) is 0 Å². The van der Waals surface area contributed by atoms with Crippen molar-refractivity contribution in [2.75, 3.05) is 26.2 Å². The fraction of sp³-hybridized carbons (Fsp3) is 0.524. The first-order chi connectivity index (χ1) is 24.4.